The smallest absolute Gasteiger partial charge is 0.0795 e. The van der Waals surface area contributed by atoms with E-state index in [1.165, 1.54) is 18.5 Å². The molecule has 104 valence electrons. The van der Waals surface area contributed by atoms with Gasteiger partial charge in [0, 0.05) is 25.0 Å². The highest BCUT2D eigenvalue weighted by atomic mass is 32.1. The van der Waals surface area contributed by atoms with Crippen molar-refractivity contribution in [1.82, 2.24) is 15.2 Å². The minimum absolute atomic E-state index is 0.347. The molecule has 0 fully saturated rings. The summed E-state index contributed by atoms with van der Waals surface area (Å²) in [7, 11) is 2.19. The fourth-order valence-corrected chi connectivity index (χ4v) is 2.71. The third-order valence-corrected chi connectivity index (χ3v) is 4.03. The molecule has 1 heterocycles. The van der Waals surface area contributed by atoms with Crippen molar-refractivity contribution < 1.29 is 0 Å². The lowest BCUT2D eigenvalue weighted by molar-refractivity contribution is 0.174. The molecule has 0 spiro atoms. The average molecular weight is 269 g/mol. The Morgan fingerprint density at radius 1 is 1.44 bits per heavy atom. The van der Waals surface area contributed by atoms with E-state index in [2.05, 4.69) is 48.4 Å². The zero-order valence-electron chi connectivity index (χ0n) is 12.2. The van der Waals surface area contributed by atoms with E-state index < -0.39 is 0 Å². The molecule has 0 saturated carbocycles. The summed E-state index contributed by atoms with van der Waals surface area (Å²) in [6.07, 6.45) is 2.40. The average Bonchev–Trinajstić information content (AvgIpc) is 2.82. The van der Waals surface area contributed by atoms with Crippen molar-refractivity contribution in [1.29, 1.82) is 0 Å². The van der Waals surface area contributed by atoms with E-state index >= 15 is 0 Å². The first-order chi connectivity index (χ1) is 8.59. The van der Waals surface area contributed by atoms with Crippen molar-refractivity contribution >= 4 is 11.3 Å². The monoisotopic (exact) mass is 269 g/mol. The largest absolute Gasteiger partial charge is 0.316 e. The number of rotatable bonds is 9. The van der Waals surface area contributed by atoms with Gasteiger partial charge in [0.1, 0.15) is 0 Å². The maximum Gasteiger partial charge on any atom is 0.0795 e. The summed E-state index contributed by atoms with van der Waals surface area (Å²) in [5.74, 6) is 0. The summed E-state index contributed by atoms with van der Waals surface area (Å²) in [6.45, 7) is 11.1. The quantitative estimate of drug-likeness (QED) is 0.699. The van der Waals surface area contributed by atoms with Crippen LogP contribution in [0.15, 0.2) is 10.9 Å². The molecule has 1 N–H and O–H groups in total. The van der Waals surface area contributed by atoms with Crippen LogP contribution < -0.4 is 5.32 Å². The zero-order valence-corrected chi connectivity index (χ0v) is 13.0. The van der Waals surface area contributed by atoms with E-state index in [1.807, 2.05) is 5.51 Å². The standard InChI is InChI=1S/C14H27N3S/c1-5-7-15-10-14(3,6-2)11-17(4)8-13-9-18-12-16-13/h9,12,15H,5-8,10-11H2,1-4H3. The summed E-state index contributed by atoms with van der Waals surface area (Å²) in [4.78, 5) is 6.73. The molecule has 0 radical (unpaired) electrons. The molecule has 0 bridgehead atoms. The van der Waals surface area contributed by atoms with Crippen LogP contribution in [-0.4, -0.2) is 36.6 Å². The summed E-state index contributed by atoms with van der Waals surface area (Å²) in [5.41, 5.74) is 3.44. The Kier molecular flexibility index (Phi) is 6.82. The van der Waals surface area contributed by atoms with Crippen molar-refractivity contribution in [2.45, 2.75) is 40.2 Å². The van der Waals surface area contributed by atoms with Crippen LogP contribution in [0.4, 0.5) is 0 Å². The number of thiazole rings is 1. The Hall–Kier alpha value is -0.450. The summed E-state index contributed by atoms with van der Waals surface area (Å²) in [6, 6.07) is 0. The Labute approximate surface area is 116 Å². The van der Waals surface area contributed by atoms with Crippen LogP contribution in [0.1, 0.15) is 39.3 Å². The fraction of sp³-hybridized carbons (Fsp3) is 0.786. The van der Waals surface area contributed by atoms with Gasteiger partial charge in [-0.3, -0.25) is 4.90 Å². The lowest BCUT2D eigenvalue weighted by Crippen LogP contribution is -2.40. The molecular weight excluding hydrogens is 242 g/mol. The molecule has 18 heavy (non-hydrogen) atoms. The van der Waals surface area contributed by atoms with Crippen molar-refractivity contribution in [2.24, 2.45) is 5.41 Å². The Morgan fingerprint density at radius 2 is 2.22 bits per heavy atom. The fourth-order valence-electron chi connectivity index (χ4n) is 2.16. The summed E-state index contributed by atoms with van der Waals surface area (Å²) < 4.78 is 0. The first kappa shape index (κ1) is 15.6. The normalized spacial score (nSPS) is 14.9. The molecule has 1 unspecified atom stereocenters. The van der Waals surface area contributed by atoms with Gasteiger partial charge in [-0.1, -0.05) is 20.8 Å². The summed E-state index contributed by atoms with van der Waals surface area (Å²) >= 11 is 1.67. The molecule has 1 aromatic rings. The first-order valence-electron chi connectivity index (χ1n) is 6.86. The molecule has 0 aliphatic carbocycles. The lowest BCUT2D eigenvalue weighted by Gasteiger charge is -2.33. The van der Waals surface area contributed by atoms with Crippen LogP contribution in [-0.2, 0) is 6.54 Å². The van der Waals surface area contributed by atoms with E-state index in [0.717, 1.165) is 26.2 Å². The number of nitrogens with one attached hydrogen (secondary N) is 1. The molecule has 0 aliphatic rings. The second kappa shape index (κ2) is 7.87. The Bertz CT molecular complexity index is 313. The van der Waals surface area contributed by atoms with Crippen LogP contribution in [0.5, 0.6) is 0 Å². The predicted octanol–water partition coefficient (Wildman–Crippen LogP) is 2.99. The van der Waals surface area contributed by atoms with Crippen LogP contribution in [0, 0.1) is 5.41 Å². The van der Waals surface area contributed by atoms with Crippen molar-refractivity contribution in [3.05, 3.63) is 16.6 Å². The third kappa shape index (κ3) is 5.46. The van der Waals surface area contributed by atoms with Gasteiger partial charge in [0.15, 0.2) is 0 Å². The Morgan fingerprint density at radius 3 is 2.78 bits per heavy atom. The van der Waals surface area contributed by atoms with Crippen molar-refractivity contribution in [3.8, 4) is 0 Å². The lowest BCUT2D eigenvalue weighted by atomic mass is 9.86. The topological polar surface area (TPSA) is 28.2 Å². The zero-order chi connectivity index (χ0) is 13.4. The van der Waals surface area contributed by atoms with Crippen molar-refractivity contribution in [2.75, 3.05) is 26.7 Å². The van der Waals surface area contributed by atoms with Gasteiger partial charge >= 0.3 is 0 Å². The SMILES string of the molecule is CCCNCC(C)(CC)CN(C)Cc1cscn1. The van der Waals surface area contributed by atoms with Gasteiger partial charge in [-0.05, 0) is 31.8 Å². The minimum Gasteiger partial charge on any atom is -0.316 e. The highest BCUT2D eigenvalue weighted by Gasteiger charge is 2.23. The third-order valence-electron chi connectivity index (χ3n) is 3.40. The molecule has 0 saturated heterocycles. The second-order valence-electron chi connectivity index (χ2n) is 5.49. The number of aromatic nitrogens is 1. The molecule has 0 aliphatic heterocycles. The van der Waals surface area contributed by atoms with Gasteiger partial charge in [-0.25, -0.2) is 4.98 Å². The molecule has 0 amide bonds. The molecule has 1 rings (SSSR count). The van der Waals surface area contributed by atoms with Gasteiger partial charge in [0.2, 0.25) is 0 Å². The summed E-state index contributed by atoms with van der Waals surface area (Å²) in [5, 5.41) is 5.68. The molecule has 3 nitrogen and oxygen atoms in total. The molecule has 0 aromatic carbocycles. The molecule has 4 heteroatoms. The van der Waals surface area contributed by atoms with Gasteiger partial charge in [-0.15, -0.1) is 11.3 Å². The molecule has 1 atom stereocenters. The second-order valence-corrected chi connectivity index (χ2v) is 6.21. The maximum absolute atomic E-state index is 4.35. The number of nitrogens with zero attached hydrogens (tertiary/aromatic N) is 2. The van der Waals surface area contributed by atoms with Crippen LogP contribution in [0.25, 0.3) is 0 Å². The minimum atomic E-state index is 0.347. The maximum atomic E-state index is 4.35. The van der Waals surface area contributed by atoms with E-state index in [4.69, 9.17) is 0 Å². The number of hydrogen-bond acceptors (Lipinski definition) is 4. The predicted molar refractivity (Wildman–Crippen MR) is 80.0 cm³/mol. The van der Waals surface area contributed by atoms with Gasteiger partial charge in [0.25, 0.3) is 0 Å². The van der Waals surface area contributed by atoms with E-state index in [0.29, 0.717) is 5.41 Å². The molecular formula is C14H27N3S. The van der Waals surface area contributed by atoms with E-state index in [1.54, 1.807) is 11.3 Å². The Balaban J connectivity index is 2.40. The van der Waals surface area contributed by atoms with Crippen LogP contribution in [0.3, 0.4) is 0 Å². The van der Waals surface area contributed by atoms with Crippen LogP contribution >= 0.6 is 11.3 Å². The van der Waals surface area contributed by atoms with Gasteiger partial charge in [-0.2, -0.15) is 0 Å². The van der Waals surface area contributed by atoms with Crippen molar-refractivity contribution in [3.63, 3.8) is 0 Å². The number of hydrogen-bond donors (Lipinski definition) is 1. The molecule has 1 aromatic heterocycles. The highest BCUT2D eigenvalue weighted by molar-refractivity contribution is 7.07. The van der Waals surface area contributed by atoms with Crippen LogP contribution in [0.2, 0.25) is 0 Å². The van der Waals surface area contributed by atoms with Gasteiger partial charge in [0.05, 0.1) is 11.2 Å². The highest BCUT2D eigenvalue weighted by Crippen LogP contribution is 2.22. The van der Waals surface area contributed by atoms with E-state index in [-0.39, 0.29) is 0 Å². The van der Waals surface area contributed by atoms with Gasteiger partial charge < -0.3 is 5.32 Å². The first-order valence-corrected chi connectivity index (χ1v) is 7.80. The van der Waals surface area contributed by atoms with E-state index in [9.17, 15) is 0 Å².